The van der Waals surface area contributed by atoms with E-state index in [0.29, 0.717) is 24.0 Å². The van der Waals surface area contributed by atoms with Gasteiger partial charge in [0.2, 0.25) is 0 Å². The number of methoxy groups -OCH3 is 2. The van der Waals surface area contributed by atoms with Gasteiger partial charge < -0.3 is 9.47 Å². The highest BCUT2D eigenvalue weighted by atomic mass is 16.5. The van der Waals surface area contributed by atoms with Gasteiger partial charge in [-0.3, -0.25) is 9.59 Å². The number of ether oxygens (including phenoxy) is 2. The molecule has 4 nitrogen and oxygen atoms in total. The van der Waals surface area contributed by atoms with E-state index < -0.39 is 0 Å². The van der Waals surface area contributed by atoms with E-state index in [4.69, 9.17) is 9.47 Å². The fraction of sp³-hybridized carbons (Fsp3) is 0.171. The maximum atomic E-state index is 11.3. The molecular weight excluding hydrogens is 556 g/mol. The third-order valence-electron chi connectivity index (χ3n) is 6.74. The maximum Gasteiger partial charge on any atom is 0.159 e. The molecular formula is C41H38O4. The van der Waals surface area contributed by atoms with E-state index in [9.17, 15) is 9.59 Å². The Kier molecular flexibility index (Phi) is 14.8. The minimum atomic E-state index is 0.0718. The van der Waals surface area contributed by atoms with Gasteiger partial charge in [-0.25, -0.2) is 0 Å². The molecule has 0 aromatic heterocycles. The summed E-state index contributed by atoms with van der Waals surface area (Å²) in [5.74, 6) is 12.8. The van der Waals surface area contributed by atoms with E-state index in [2.05, 4.69) is 47.9 Å². The van der Waals surface area contributed by atoms with E-state index in [1.165, 1.54) is 22.3 Å². The standard InChI is InChI=1S/C21H20O2.C20H18O2/c1-17(22)19-14-12-18(13-15-19)7-5-10-20-8-3-4-9-21(20)11-6-16-23-2;1-22-15-5-10-20-8-3-2-7-19(20)9-4-6-17-11-13-18(16-21)14-12-17/h3-4,6,8-9,12-16H,10-11H2,1-2H3;2-3,5,7-8,11-16H,9-10H2,1H3/b16-6+;15-5+. The number of Topliss-reactive ketones (excluding diaryl/α,β-unsaturated/α-hetero) is 1. The van der Waals surface area contributed by atoms with E-state index >= 15 is 0 Å². The van der Waals surface area contributed by atoms with Crippen LogP contribution < -0.4 is 0 Å². The van der Waals surface area contributed by atoms with Crippen LogP contribution in [0.1, 0.15) is 61.0 Å². The highest BCUT2D eigenvalue weighted by molar-refractivity contribution is 5.94. The Morgan fingerprint density at radius 1 is 0.622 bits per heavy atom. The van der Waals surface area contributed by atoms with E-state index in [1.807, 2.05) is 72.8 Å². The average molecular weight is 595 g/mol. The number of benzene rings is 4. The molecule has 0 aliphatic heterocycles. The molecule has 4 rings (SSSR count). The second-order valence-corrected chi connectivity index (χ2v) is 9.99. The normalized spacial score (nSPS) is 10.1. The third-order valence-corrected chi connectivity index (χ3v) is 6.74. The Labute approximate surface area is 267 Å². The molecule has 0 amide bonds. The summed E-state index contributed by atoms with van der Waals surface area (Å²) in [4.78, 5) is 21.9. The number of carbonyl (C=O) groups is 2. The predicted molar refractivity (Wildman–Crippen MR) is 182 cm³/mol. The summed E-state index contributed by atoms with van der Waals surface area (Å²) in [6, 6.07) is 31.2. The van der Waals surface area contributed by atoms with E-state index in [1.54, 1.807) is 45.8 Å². The van der Waals surface area contributed by atoms with Gasteiger partial charge in [-0.15, -0.1) is 0 Å². The molecule has 45 heavy (non-hydrogen) atoms. The topological polar surface area (TPSA) is 52.6 Å². The first-order chi connectivity index (χ1) is 22.0. The van der Waals surface area contributed by atoms with Crippen LogP contribution in [0.2, 0.25) is 0 Å². The lowest BCUT2D eigenvalue weighted by Crippen LogP contribution is -1.92. The van der Waals surface area contributed by atoms with Gasteiger partial charge in [-0.2, -0.15) is 0 Å². The van der Waals surface area contributed by atoms with Gasteiger partial charge in [0.05, 0.1) is 26.7 Å². The highest BCUT2D eigenvalue weighted by Crippen LogP contribution is 2.12. The molecule has 0 saturated carbocycles. The minimum absolute atomic E-state index is 0.0718. The zero-order chi connectivity index (χ0) is 32.1. The average Bonchev–Trinajstić information content (AvgIpc) is 3.07. The van der Waals surface area contributed by atoms with Gasteiger partial charge in [0.25, 0.3) is 0 Å². The number of aldehydes is 1. The monoisotopic (exact) mass is 594 g/mol. The first kappa shape index (κ1) is 33.9. The quantitative estimate of drug-likeness (QED) is 0.0809. The molecule has 0 spiro atoms. The Bertz CT molecular complexity index is 1700. The largest absolute Gasteiger partial charge is 0.505 e. The molecule has 0 aliphatic rings. The Balaban J connectivity index is 0.000000246. The molecule has 0 bridgehead atoms. The number of carbonyl (C=O) groups excluding carboxylic acids is 2. The van der Waals surface area contributed by atoms with Gasteiger partial charge in [-0.1, -0.05) is 96.5 Å². The van der Waals surface area contributed by atoms with Crippen LogP contribution in [0, 0.1) is 23.7 Å². The Morgan fingerprint density at radius 2 is 1.04 bits per heavy atom. The molecule has 0 heterocycles. The maximum absolute atomic E-state index is 11.3. The number of hydrogen-bond donors (Lipinski definition) is 0. The van der Waals surface area contributed by atoms with Crippen LogP contribution in [0.15, 0.2) is 122 Å². The van der Waals surface area contributed by atoms with Crippen molar-refractivity contribution in [2.75, 3.05) is 14.2 Å². The number of rotatable bonds is 10. The first-order valence-corrected chi connectivity index (χ1v) is 14.7. The van der Waals surface area contributed by atoms with Crippen LogP contribution in [0.25, 0.3) is 0 Å². The Morgan fingerprint density at radius 3 is 1.44 bits per heavy atom. The summed E-state index contributed by atoms with van der Waals surface area (Å²) in [5.41, 5.74) is 8.17. The van der Waals surface area contributed by atoms with E-state index in [0.717, 1.165) is 30.3 Å². The van der Waals surface area contributed by atoms with Crippen molar-refractivity contribution in [1.82, 2.24) is 0 Å². The third kappa shape index (κ3) is 12.3. The number of allylic oxidation sites excluding steroid dienone is 2. The van der Waals surface area contributed by atoms with Crippen molar-refractivity contribution in [1.29, 1.82) is 0 Å². The van der Waals surface area contributed by atoms with Gasteiger partial charge in [0.1, 0.15) is 6.29 Å². The Hall–Kier alpha value is -5.58. The summed E-state index contributed by atoms with van der Waals surface area (Å²) in [6.07, 6.45) is 11.3. The minimum Gasteiger partial charge on any atom is -0.505 e. The second-order valence-electron chi connectivity index (χ2n) is 9.99. The fourth-order valence-electron chi connectivity index (χ4n) is 4.32. The predicted octanol–water partition coefficient (Wildman–Crippen LogP) is 7.98. The highest BCUT2D eigenvalue weighted by Gasteiger charge is 2.00. The molecule has 4 aromatic carbocycles. The molecule has 0 radical (unpaired) electrons. The van der Waals surface area contributed by atoms with Crippen molar-refractivity contribution in [2.45, 2.75) is 32.6 Å². The molecule has 0 unspecified atom stereocenters. The van der Waals surface area contributed by atoms with Crippen LogP contribution in [0.4, 0.5) is 0 Å². The number of ketones is 1. The van der Waals surface area contributed by atoms with Crippen LogP contribution in [-0.4, -0.2) is 26.3 Å². The molecule has 226 valence electrons. The van der Waals surface area contributed by atoms with Crippen molar-refractivity contribution in [3.05, 3.63) is 166 Å². The van der Waals surface area contributed by atoms with E-state index in [-0.39, 0.29) is 5.78 Å². The molecule has 4 aromatic rings. The van der Waals surface area contributed by atoms with Crippen molar-refractivity contribution in [3.63, 3.8) is 0 Å². The lowest BCUT2D eigenvalue weighted by atomic mass is 10.0. The zero-order valence-electron chi connectivity index (χ0n) is 26.1. The SMILES string of the molecule is CO/C=C/Cc1ccccc1CC#Cc1ccc(C(C)=O)cc1.CO/C=C/Cc1ccccc1CC#Cc1ccc(C=O)cc1. The van der Waals surface area contributed by atoms with Crippen LogP contribution in [0.5, 0.6) is 0 Å². The summed E-state index contributed by atoms with van der Waals surface area (Å²) in [6.45, 7) is 1.57. The van der Waals surface area contributed by atoms with Crippen molar-refractivity contribution in [2.24, 2.45) is 0 Å². The lowest BCUT2D eigenvalue weighted by Gasteiger charge is -2.03. The summed E-state index contributed by atoms with van der Waals surface area (Å²) < 4.78 is 9.86. The van der Waals surface area contributed by atoms with Gasteiger partial charge in [0.15, 0.2) is 5.78 Å². The van der Waals surface area contributed by atoms with Crippen molar-refractivity contribution >= 4 is 12.1 Å². The van der Waals surface area contributed by atoms with Crippen LogP contribution in [0.3, 0.4) is 0 Å². The molecule has 0 N–H and O–H groups in total. The zero-order valence-corrected chi connectivity index (χ0v) is 26.1. The van der Waals surface area contributed by atoms with Gasteiger partial charge in [0, 0.05) is 35.1 Å². The van der Waals surface area contributed by atoms with Crippen molar-refractivity contribution < 1.29 is 19.1 Å². The van der Waals surface area contributed by atoms with Crippen LogP contribution in [-0.2, 0) is 35.2 Å². The summed E-state index contributed by atoms with van der Waals surface area (Å²) in [5, 5.41) is 0. The van der Waals surface area contributed by atoms with Crippen molar-refractivity contribution in [3.8, 4) is 23.7 Å². The van der Waals surface area contributed by atoms with Gasteiger partial charge in [-0.05, 0) is 78.4 Å². The molecule has 0 saturated heterocycles. The summed E-state index contributed by atoms with van der Waals surface area (Å²) >= 11 is 0. The first-order valence-electron chi connectivity index (χ1n) is 14.7. The molecule has 0 atom stereocenters. The van der Waals surface area contributed by atoms with Gasteiger partial charge >= 0.3 is 0 Å². The second kappa shape index (κ2) is 19.6. The fourth-order valence-corrected chi connectivity index (χ4v) is 4.32. The molecule has 0 fully saturated rings. The number of hydrogen-bond acceptors (Lipinski definition) is 4. The molecule has 4 heteroatoms. The van der Waals surface area contributed by atoms with Crippen LogP contribution >= 0.6 is 0 Å². The summed E-state index contributed by atoms with van der Waals surface area (Å²) in [7, 11) is 3.29. The molecule has 0 aliphatic carbocycles. The smallest absolute Gasteiger partial charge is 0.159 e. The lowest BCUT2D eigenvalue weighted by molar-refractivity contribution is 0.101.